The quantitative estimate of drug-likeness (QED) is 0.300. The van der Waals surface area contributed by atoms with Crippen molar-refractivity contribution in [3.63, 3.8) is 0 Å². The first-order valence-electron chi connectivity index (χ1n) is 11.4. The van der Waals surface area contributed by atoms with Crippen molar-refractivity contribution < 1.29 is 13.9 Å². The second-order valence-electron chi connectivity index (χ2n) is 8.38. The van der Waals surface area contributed by atoms with Crippen LogP contribution in [0.1, 0.15) is 28.3 Å². The second kappa shape index (κ2) is 9.49. The maximum absolute atomic E-state index is 13.2. The molecular formula is C25H20N8O4. The van der Waals surface area contributed by atoms with Crippen molar-refractivity contribution in [1.82, 2.24) is 41.2 Å². The monoisotopic (exact) mass is 496 g/mol. The molecule has 3 aromatic heterocycles. The van der Waals surface area contributed by atoms with Crippen LogP contribution in [-0.2, 0) is 19.6 Å². The van der Waals surface area contributed by atoms with Gasteiger partial charge in [-0.15, -0.1) is 10.2 Å². The number of aromatic nitrogens is 8. The fourth-order valence-electron chi connectivity index (χ4n) is 4.30. The molecule has 0 saturated carbocycles. The van der Waals surface area contributed by atoms with E-state index in [1.54, 1.807) is 12.1 Å². The Morgan fingerprint density at radius 3 is 2.38 bits per heavy atom. The second-order valence-corrected chi connectivity index (χ2v) is 8.38. The minimum absolute atomic E-state index is 0.0782. The van der Waals surface area contributed by atoms with Gasteiger partial charge in [0.25, 0.3) is 0 Å². The predicted molar refractivity (Wildman–Crippen MR) is 131 cm³/mol. The van der Waals surface area contributed by atoms with Crippen LogP contribution in [0.3, 0.4) is 0 Å². The summed E-state index contributed by atoms with van der Waals surface area (Å²) in [4.78, 5) is 13.2. The van der Waals surface area contributed by atoms with Gasteiger partial charge in [0, 0.05) is 24.1 Å². The number of hydrogen-bond donors (Lipinski definition) is 2. The Bertz CT molecular complexity index is 1740. The van der Waals surface area contributed by atoms with Gasteiger partial charge < -0.3 is 13.9 Å². The summed E-state index contributed by atoms with van der Waals surface area (Å²) < 4.78 is 17.7. The lowest BCUT2D eigenvalue weighted by atomic mass is 9.95. The number of aromatic amines is 2. The highest BCUT2D eigenvalue weighted by molar-refractivity contribution is 5.90. The SMILES string of the molecule is Cc1c(Cc2cccc3ccccc23)c(=O)oc2cc(OCc3nnn[nH]3)cc(OCc3nnn[nH]3)c12. The van der Waals surface area contributed by atoms with Crippen LogP contribution in [0.15, 0.2) is 63.8 Å². The fourth-order valence-corrected chi connectivity index (χ4v) is 4.30. The molecule has 37 heavy (non-hydrogen) atoms. The number of ether oxygens (including phenoxy) is 2. The largest absolute Gasteiger partial charge is 0.485 e. The average Bonchev–Trinajstić information content (AvgIpc) is 3.63. The molecule has 0 spiro atoms. The Morgan fingerprint density at radius 2 is 1.62 bits per heavy atom. The molecular weight excluding hydrogens is 476 g/mol. The highest BCUT2D eigenvalue weighted by atomic mass is 16.5. The molecule has 0 aliphatic carbocycles. The topological polar surface area (TPSA) is 158 Å². The Balaban J connectivity index is 1.43. The number of tetrazole rings is 2. The van der Waals surface area contributed by atoms with Crippen LogP contribution >= 0.6 is 0 Å². The smallest absolute Gasteiger partial charge is 0.340 e. The third kappa shape index (κ3) is 4.47. The van der Waals surface area contributed by atoms with Crippen molar-refractivity contribution in [3.05, 3.63) is 93.4 Å². The predicted octanol–water partition coefficient (Wildman–Crippen LogP) is 3.03. The van der Waals surface area contributed by atoms with E-state index in [0.29, 0.717) is 46.1 Å². The summed E-state index contributed by atoms with van der Waals surface area (Å²) >= 11 is 0. The van der Waals surface area contributed by atoms with E-state index in [0.717, 1.165) is 21.9 Å². The van der Waals surface area contributed by atoms with Crippen LogP contribution in [-0.4, -0.2) is 41.2 Å². The van der Waals surface area contributed by atoms with Gasteiger partial charge in [-0.1, -0.05) is 42.5 Å². The highest BCUT2D eigenvalue weighted by Crippen LogP contribution is 2.35. The summed E-state index contributed by atoms with van der Waals surface area (Å²) in [6.07, 6.45) is 0.410. The molecule has 12 heteroatoms. The van der Waals surface area contributed by atoms with Gasteiger partial charge in [0.1, 0.15) is 30.3 Å². The Morgan fingerprint density at radius 1 is 0.892 bits per heavy atom. The average molecular weight is 496 g/mol. The van der Waals surface area contributed by atoms with Gasteiger partial charge in [0.05, 0.1) is 5.39 Å². The molecule has 6 aromatic rings. The van der Waals surface area contributed by atoms with Crippen molar-refractivity contribution in [1.29, 1.82) is 0 Å². The van der Waals surface area contributed by atoms with Crippen molar-refractivity contribution in [3.8, 4) is 11.5 Å². The highest BCUT2D eigenvalue weighted by Gasteiger charge is 2.19. The van der Waals surface area contributed by atoms with Crippen LogP contribution in [0.25, 0.3) is 21.7 Å². The molecule has 0 aliphatic heterocycles. The minimum atomic E-state index is -0.417. The van der Waals surface area contributed by atoms with Crippen molar-refractivity contribution in [2.45, 2.75) is 26.6 Å². The van der Waals surface area contributed by atoms with Gasteiger partial charge in [-0.25, -0.2) is 15.0 Å². The molecule has 3 aromatic carbocycles. The molecule has 6 rings (SSSR count). The number of nitrogens with one attached hydrogen (secondary N) is 2. The Hall–Kier alpha value is -5.13. The molecule has 0 fully saturated rings. The summed E-state index contributed by atoms with van der Waals surface area (Å²) in [5.41, 5.74) is 2.26. The molecule has 184 valence electrons. The van der Waals surface area contributed by atoms with Gasteiger partial charge in [-0.05, 0) is 49.7 Å². The standard InChI is InChI=1S/C25H20N8O4/c1-14-19(9-16-7-4-6-15-5-2-3-8-18(15)16)25(34)37-21-11-17(35-12-22-26-30-31-27-22)10-20(24(14)21)36-13-23-28-32-33-29-23/h2-8,10-11H,9,12-13H2,1H3,(H,26,27,30,31)(H,28,29,32,33). The van der Waals surface area contributed by atoms with Crippen LogP contribution in [0.2, 0.25) is 0 Å². The van der Waals surface area contributed by atoms with E-state index in [-0.39, 0.29) is 13.2 Å². The molecule has 0 bridgehead atoms. The zero-order chi connectivity index (χ0) is 25.2. The Kier molecular flexibility index (Phi) is 5.73. The number of hydrogen-bond acceptors (Lipinski definition) is 10. The van der Waals surface area contributed by atoms with Crippen LogP contribution in [0.5, 0.6) is 11.5 Å². The van der Waals surface area contributed by atoms with Gasteiger partial charge in [-0.3, -0.25) is 0 Å². The lowest BCUT2D eigenvalue weighted by molar-refractivity contribution is 0.282. The van der Waals surface area contributed by atoms with Crippen molar-refractivity contribution >= 4 is 21.7 Å². The molecule has 0 atom stereocenters. The van der Waals surface area contributed by atoms with Crippen molar-refractivity contribution in [2.24, 2.45) is 0 Å². The van der Waals surface area contributed by atoms with E-state index in [4.69, 9.17) is 13.9 Å². The third-order valence-corrected chi connectivity index (χ3v) is 6.08. The lowest BCUT2D eigenvalue weighted by Crippen LogP contribution is -2.12. The maximum Gasteiger partial charge on any atom is 0.340 e. The summed E-state index contributed by atoms with van der Waals surface area (Å²) in [6, 6.07) is 17.5. The van der Waals surface area contributed by atoms with Crippen LogP contribution in [0, 0.1) is 6.92 Å². The minimum Gasteiger partial charge on any atom is -0.485 e. The lowest BCUT2D eigenvalue weighted by Gasteiger charge is -2.15. The molecule has 0 unspecified atom stereocenters. The van der Waals surface area contributed by atoms with E-state index >= 15 is 0 Å². The molecule has 0 amide bonds. The van der Waals surface area contributed by atoms with Crippen LogP contribution < -0.4 is 15.1 Å². The maximum atomic E-state index is 13.2. The van der Waals surface area contributed by atoms with Gasteiger partial charge in [-0.2, -0.15) is 0 Å². The number of benzene rings is 3. The number of nitrogens with zero attached hydrogens (tertiary/aromatic N) is 6. The van der Waals surface area contributed by atoms with E-state index in [1.165, 1.54) is 0 Å². The van der Waals surface area contributed by atoms with Crippen LogP contribution in [0.4, 0.5) is 0 Å². The molecule has 0 saturated heterocycles. The number of aryl methyl sites for hydroxylation is 1. The molecule has 12 nitrogen and oxygen atoms in total. The van der Waals surface area contributed by atoms with Gasteiger partial charge in [0.2, 0.25) is 0 Å². The third-order valence-electron chi connectivity index (χ3n) is 6.08. The molecule has 0 radical (unpaired) electrons. The Labute approximate surface area is 208 Å². The molecule has 3 heterocycles. The molecule has 0 aliphatic rings. The van der Waals surface area contributed by atoms with Gasteiger partial charge in [0.15, 0.2) is 11.6 Å². The summed E-state index contributed by atoms with van der Waals surface area (Å²) in [5, 5.41) is 30.1. The first kappa shape index (κ1) is 22.3. The zero-order valence-electron chi connectivity index (χ0n) is 19.6. The fraction of sp³-hybridized carbons (Fsp3) is 0.160. The summed E-state index contributed by atoms with van der Waals surface area (Å²) in [5.74, 6) is 1.76. The number of rotatable bonds is 8. The number of H-pyrrole nitrogens is 2. The summed E-state index contributed by atoms with van der Waals surface area (Å²) in [6.45, 7) is 2.06. The van der Waals surface area contributed by atoms with E-state index in [9.17, 15) is 4.79 Å². The molecule has 2 N–H and O–H groups in total. The zero-order valence-corrected chi connectivity index (χ0v) is 19.6. The first-order chi connectivity index (χ1) is 18.2. The van der Waals surface area contributed by atoms with E-state index in [1.807, 2.05) is 31.2 Å². The van der Waals surface area contributed by atoms with E-state index in [2.05, 4.69) is 59.4 Å². The number of fused-ring (bicyclic) bond motifs is 2. The van der Waals surface area contributed by atoms with Gasteiger partial charge >= 0.3 is 5.63 Å². The summed E-state index contributed by atoms with van der Waals surface area (Å²) in [7, 11) is 0. The van der Waals surface area contributed by atoms with E-state index < -0.39 is 5.63 Å². The normalized spacial score (nSPS) is 11.3. The van der Waals surface area contributed by atoms with Crippen molar-refractivity contribution in [2.75, 3.05) is 0 Å². The first-order valence-corrected chi connectivity index (χ1v) is 11.4.